The van der Waals surface area contributed by atoms with Crippen LogP contribution in [0.4, 0.5) is 22.0 Å². The summed E-state index contributed by atoms with van der Waals surface area (Å²) in [5, 5.41) is 8.52. The molecule has 0 spiro atoms. The molecule has 1 aliphatic heterocycles. The van der Waals surface area contributed by atoms with Gasteiger partial charge in [-0.25, -0.2) is 13.6 Å². The molecule has 0 bridgehead atoms. The molecule has 2 aliphatic carbocycles. The highest BCUT2D eigenvalue weighted by molar-refractivity contribution is 5.56. The van der Waals surface area contributed by atoms with Crippen molar-refractivity contribution >= 4 is 5.52 Å². The second-order valence-electron chi connectivity index (χ2n) is 12.6. The Morgan fingerprint density at radius 3 is 2.46 bits per heavy atom. The van der Waals surface area contributed by atoms with Gasteiger partial charge in [-0.3, -0.25) is 13.9 Å². The van der Waals surface area contributed by atoms with Crippen LogP contribution in [0, 0.1) is 17.8 Å². The van der Waals surface area contributed by atoms with Crippen LogP contribution in [0.1, 0.15) is 87.2 Å². The maximum atomic E-state index is 14.3. The molecule has 3 aromatic rings. The molecule has 41 heavy (non-hydrogen) atoms. The fraction of sp³-hybridized carbons (Fsp3) is 0.690. The second kappa shape index (κ2) is 10.5. The topological polar surface area (TPSA) is 60.4 Å². The van der Waals surface area contributed by atoms with E-state index in [0.29, 0.717) is 12.3 Å². The summed E-state index contributed by atoms with van der Waals surface area (Å²) < 4.78 is 75.3. The average molecular weight is 581 g/mol. The van der Waals surface area contributed by atoms with Crippen molar-refractivity contribution < 1.29 is 22.0 Å². The van der Waals surface area contributed by atoms with Gasteiger partial charge in [0.15, 0.2) is 0 Å². The molecular weight excluding hydrogens is 543 g/mol. The van der Waals surface area contributed by atoms with Crippen molar-refractivity contribution in [3.05, 3.63) is 52.2 Å². The zero-order valence-electron chi connectivity index (χ0n) is 23.5. The van der Waals surface area contributed by atoms with Gasteiger partial charge < -0.3 is 4.57 Å². The monoisotopic (exact) mass is 580 g/mol. The van der Waals surface area contributed by atoms with E-state index < -0.39 is 29.3 Å². The molecule has 0 amide bonds. The lowest BCUT2D eigenvalue weighted by atomic mass is 9.66. The van der Waals surface area contributed by atoms with Crippen LogP contribution in [-0.2, 0) is 19.8 Å². The van der Waals surface area contributed by atoms with Crippen molar-refractivity contribution in [1.82, 2.24) is 28.6 Å². The quantitative estimate of drug-likeness (QED) is 0.334. The molecule has 7 nitrogen and oxygen atoms in total. The summed E-state index contributed by atoms with van der Waals surface area (Å²) >= 11 is 0. The third-order valence-electron chi connectivity index (χ3n) is 9.87. The minimum Gasteiger partial charge on any atom is -0.320 e. The molecule has 4 heterocycles. The molecule has 0 N–H and O–H groups in total. The Morgan fingerprint density at radius 2 is 1.83 bits per heavy atom. The third kappa shape index (κ3) is 5.32. The number of fused-ring (bicyclic) bond motifs is 1. The molecule has 224 valence electrons. The minimum atomic E-state index is -4.67. The lowest BCUT2D eigenvalue weighted by molar-refractivity contribution is -0.136. The maximum absolute atomic E-state index is 14.3. The predicted molar refractivity (Wildman–Crippen MR) is 143 cm³/mol. The van der Waals surface area contributed by atoms with Crippen molar-refractivity contribution in [3.63, 3.8) is 0 Å². The maximum Gasteiger partial charge on any atom is 0.418 e. The van der Waals surface area contributed by atoms with Gasteiger partial charge in [0, 0.05) is 63.4 Å². The van der Waals surface area contributed by atoms with Gasteiger partial charge in [0.05, 0.1) is 11.1 Å². The summed E-state index contributed by atoms with van der Waals surface area (Å²) in [5.74, 6) is -1.76. The average Bonchev–Trinajstić information content (AvgIpc) is 3.45. The zero-order chi connectivity index (χ0) is 29.1. The Balaban J connectivity index is 1.31. The summed E-state index contributed by atoms with van der Waals surface area (Å²) in [6.45, 7) is 1.70. The van der Waals surface area contributed by atoms with Crippen LogP contribution in [0.2, 0.25) is 0 Å². The standard InChI is InChI=1S/C29H37F5N6O/c1-18-13-38(10-9-28(18,30)31)14-19-11-23(29(32,33)34)24-16-39(27(41)40(24)15-19)22-8-4-7-21(12-22)25(20-5-3-6-20)26-36-35-17-37(26)2/h11,15-18,20-22,25H,3-10,12-14H2,1-2H3/t18?,21?,22?,25-/m0/s1. The van der Waals surface area contributed by atoms with Crippen LogP contribution in [-0.4, -0.2) is 47.6 Å². The summed E-state index contributed by atoms with van der Waals surface area (Å²) in [6, 6.07) is 0.854. The SMILES string of the molecule is CC1CN(Cc2cc(C(F)(F)F)c3cn(C4CCCC([C@@H](c5nncn5C)C5CCC5)C4)c(=O)n3c2)CCC1(F)F. The van der Waals surface area contributed by atoms with E-state index in [-0.39, 0.29) is 55.0 Å². The Kier molecular flexibility index (Phi) is 7.27. The number of rotatable bonds is 6. The number of likely N-dealkylation sites (tertiary alicyclic amines) is 1. The number of hydrogen-bond donors (Lipinski definition) is 0. The van der Waals surface area contributed by atoms with E-state index in [1.807, 2.05) is 11.6 Å². The summed E-state index contributed by atoms with van der Waals surface area (Å²) in [5.41, 5.74) is -1.25. The van der Waals surface area contributed by atoms with Crippen molar-refractivity contribution in [2.75, 3.05) is 13.1 Å². The van der Waals surface area contributed by atoms with E-state index in [4.69, 9.17) is 0 Å². The number of alkyl halides is 5. The Hall–Kier alpha value is -2.76. The van der Waals surface area contributed by atoms with Crippen molar-refractivity contribution in [2.24, 2.45) is 24.8 Å². The molecule has 2 saturated carbocycles. The molecule has 12 heteroatoms. The molecule has 0 radical (unpaired) electrons. The number of pyridine rings is 1. The van der Waals surface area contributed by atoms with Crippen LogP contribution in [0.5, 0.6) is 0 Å². The summed E-state index contributed by atoms with van der Waals surface area (Å²) in [6.07, 6.45) is 6.23. The zero-order valence-corrected chi connectivity index (χ0v) is 23.5. The third-order valence-corrected chi connectivity index (χ3v) is 9.87. The molecule has 1 saturated heterocycles. The molecule has 3 aliphatic rings. The van der Waals surface area contributed by atoms with Gasteiger partial charge in [-0.1, -0.05) is 19.8 Å². The van der Waals surface area contributed by atoms with E-state index in [1.54, 1.807) is 11.2 Å². The highest BCUT2D eigenvalue weighted by Gasteiger charge is 2.42. The van der Waals surface area contributed by atoms with Gasteiger partial charge in [-0.2, -0.15) is 13.2 Å². The van der Waals surface area contributed by atoms with Crippen LogP contribution >= 0.6 is 0 Å². The van der Waals surface area contributed by atoms with E-state index in [2.05, 4.69) is 10.2 Å². The number of piperidine rings is 1. The normalized spacial score (nSPS) is 26.8. The molecule has 4 atom stereocenters. The number of aryl methyl sites for hydroxylation is 1. The smallest absolute Gasteiger partial charge is 0.320 e. The number of halogens is 5. The summed E-state index contributed by atoms with van der Waals surface area (Å²) in [4.78, 5) is 15.4. The Labute approximate surface area is 235 Å². The fourth-order valence-corrected chi connectivity index (χ4v) is 7.38. The van der Waals surface area contributed by atoms with E-state index in [1.165, 1.54) is 30.3 Å². The van der Waals surface area contributed by atoms with Crippen LogP contribution < -0.4 is 5.69 Å². The van der Waals surface area contributed by atoms with E-state index >= 15 is 0 Å². The first-order valence-electron chi connectivity index (χ1n) is 14.7. The largest absolute Gasteiger partial charge is 0.418 e. The molecule has 3 fully saturated rings. The predicted octanol–water partition coefficient (Wildman–Crippen LogP) is 6.04. The molecule has 0 aromatic carbocycles. The first-order chi connectivity index (χ1) is 19.4. The highest BCUT2D eigenvalue weighted by atomic mass is 19.4. The lowest BCUT2D eigenvalue weighted by Crippen LogP contribution is -2.45. The first kappa shape index (κ1) is 28.4. The van der Waals surface area contributed by atoms with Gasteiger partial charge >= 0.3 is 11.9 Å². The number of imidazole rings is 1. The van der Waals surface area contributed by atoms with Gasteiger partial charge in [0.1, 0.15) is 12.2 Å². The van der Waals surface area contributed by atoms with Gasteiger partial charge in [0.2, 0.25) is 0 Å². The van der Waals surface area contributed by atoms with Crippen LogP contribution in [0.25, 0.3) is 5.52 Å². The van der Waals surface area contributed by atoms with Crippen molar-refractivity contribution in [1.29, 1.82) is 0 Å². The van der Waals surface area contributed by atoms with Gasteiger partial charge in [0.25, 0.3) is 5.92 Å². The molecule has 6 rings (SSSR count). The van der Waals surface area contributed by atoms with Crippen LogP contribution in [0.15, 0.2) is 29.6 Å². The molecule has 3 aromatic heterocycles. The minimum absolute atomic E-state index is 0.0727. The highest BCUT2D eigenvalue weighted by Crippen LogP contribution is 2.49. The Bertz CT molecular complexity index is 1450. The lowest BCUT2D eigenvalue weighted by Gasteiger charge is -2.41. The molecule has 3 unspecified atom stereocenters. The summed E-state index contributed by atoms with van der Waals surface area (Å²) in [7, 11) is 1.94. The number of nitrogens with zero attached hydrogens (tertiary/aromatic N) is 6. The van der Waals surface area contributed by atoms with Crippen molar-refractivity contribution in [3.8, 4) is 0 Å². The fourth-order valence-electron chi connectivity index (χ4n) is 7.38. The van der Waals surface area contributed by atoms with Gasteiger partial charge in [-0.15, -0.1) is 10.2 Å². The van der Waals surface area contributed by atoms with Gasteiger partial charge in [-0.05, 0) is 55.6 Å². The van der Waals surface area contributed by atoms with Crippen LogP contribution in [0.3, 0.4) is 0 Å². The number of hydrogen-bond acceptors (Lipinski definition) is 4. The number of aromatic nitrogens is 5. The van der Waals surface area contributed by atoms with E-state index in [9.17, 15) is 26.7 Å². The molecular formula is C29H37F5N6O. The second-order valence-corrected chi connectivity index (χ2v) is 12.6. The Morgan fingerprint density at radius 1 is 1.10 bits per heavy atom. The van der Waals surface area contributed by atoms with Crippen molar-refractivity contribution in [2.45, 2.75) is 88.9 Å². The first-order valence-corrected chi connectivity index (χ1v) is 14.7. The van der Waals surface area contributed by atoms with E-state index in [0.717, 1.165) is 48.4 Å².